The van der Waals surface area contributed by atoms with E-state index in [1.54, 1.807) is 4.90 Å². The molecular weight excluding hydrogens is 292 g/mol. The van der Waals surface area contributed by atoms with E-state index in [1.807, 2.05) is 26.1 Å². The fourth-order valence-electron chi connectivity index (χ4n) is 1.81. The van der Waals surface area contributed by atoms with Gasteiger partial charge in [-0.15, -0.1) is 0 Å². The second-order valence-corrected chi connectivity index (χ2v) is 5.39. The third-order valence-corrected chi connectivity index (χ3v) is 3.68. The average Bonchev–Trinajstić information content (AvgIpc) is 2.39. The molecule has 2 N–H and O–H groups in total. The van der Waals surface area contributed by atoms with Crippen molar-refractivity contribution in [2.45, 2.75) is 19.8 Å². The molecule has 3 nitrogen and oxygen atoms in total. The fourth-order valence-corrected chi connectivity index (χ4v) is 2.08. The zero-order valence-corrected chi connectivity index (χ0v) is 12.6. The maximum Gasteiger partial charge on any atom is 0.226 e. The first-order valence-electron chi connectivity index (χ1n) is 6.28. The summed E-state index contributed by atoms with van der Waals surface area (Å²) in [5.74, 6) is 0.108. The van der Waals surface area contributed by atoms with Crippen LogP contribution in [0.15, 0.2) is 28.7 Å². The summed E-state index contributed by atoms with van der Waals surface area (Å²) in [5, 5.41) is 0. The van der Waals surface area contributed by atoms with E-state index in [2.05, 4.69) is 28.1 Å². The van der Waals surface area contributed by atoms with Gasteiger partial charge in [-0.3, -0.25) is 4.79 Å². The molecular formula is C14H21BrN2O. The standard InChI is InChI=1S/C14H21BrN2O/c1-3-12(10-16)14(18)17(2)9-8-11-4-6-13(15)7-5-11/h4-7,12H,3,8-10,16H2,1-2H3. The molecule has 1 aromatic rings. The van der Waals surface area contributed by atoms with E-state index in [-0.39, 0.29) is 11.8 Å². The molecule has 0 radical (unpaired) electrons. The van der Waals surface area contributed by atoms with Crippen molar-refractivity contribution in [2.24, 2.45) is 11.7 Å². The predicted octanol–water partition coefficient (Wildman–Crippen LogP) is 2.43. The quantitative estimate of drug-likeness (QED) is 0.877. The lowest BCUT2D eigenvalue weighted by atomic mass is 10.1. The molecule has 0 aromatic heterocycles. The maximum atomic E-state index is 12.0. The van der Waals surface area contributed by atoms with Crippen LogP contribution in [0.25, 0.3) is 0 Å². The van der Waals surface area contributed by atoms with Crippen LogP contribution in [0.5, 0.6) is 0 Å². The van der Waals surface area contributed by atoms with E-state index >= 15 is 0 Å². The van der Waals surface area contributed by atoms with Gasteiger partial charge >= 0.3 is 0 Å². The van der Waals surface area contributed by atoms with E-state index in [9.17, 15) is 4.79 Å². The summed E-state index contributed by atoms with van der Waals surface area (Å²) in [6.45, 7) is 3.16. The number of hydrogen-bond acceptors (Lipinski definition) is 2. The van der Waals surface area contributed by atoms with Crippen LogP contribution in [-0.4, -0.2) is 30.9 Å². The Morgan fingerprint density at radius 3 is 2.50 bits per heavy atom. The van der Waals surface area contributed by atoms with Gasteiger partial charge in [-0.05, 0) is 30.5 Å². The van der Waals surface area contributed by atoms with E-state index in [0.717, 1.165) is 23.9 Å². The SMILES string of the molecule is CCC(CN)C(=O)N(C)CCc1ccc(Br)cc1. The highest BCUT2D eigenvalue weighted by Crippen LogP contribution is 2.12. The Labute approximate surface area is 117 Å². The molecule has 0 heterocycles. The Hall–Kier alpha value is -0.870. The fraction of sp³-hybridized carbons (Fsp3) is 0.500. The van der Waals surface area contributed by atoms with Gasteiger partial charge in [-0.25, -0.2) is 0 Å². The Kier molecular flexibility index (Phi) is 6.36. The van der Waals surface area contributed by atoms with Crippen molar-refractivity contribution in [3.8, 4) is 0 Å². The average molecular weight is 313 g/mol. The van der Waals surface area contributed by atoms with Crippen molar-refractivity contribution in [2.75, 3.05) is 20.1 Å². The van der Waals surface area contributed by atoms with Gasteiger partial charge in [0.2, 0.25) is 5.91 Å². The van der Waals surface area contributed by atoms with Crippen molar-refractivity contribution in [3.63, 3.8) is 0 Å². The van der Waals surface area contributed by atoms with Gasteiger partial charge < -0.3 is 10.6 Å². The molecule has 18 heavy (non-hydrogen) atoms. The van der Waals surface area contributed by atoms with Gasteiger partial charge in [-0.2, -0.15) is 0 Å². The first kappa shape index (κ1) is 15.2. The smallest absolute Gasteiger partial charge is 0.226 e. The maximum absolute atomic E-state index is 12.0. The number of hydrogen-bond donors (Lipinski definition) is 1. The predicted molar refractivity (Wildman–Crippen MR) is 78.3 cm³/mol. The van der Waals surface area contributed by atoms with Crippen molar-refractivity contribution in [1.29, 1.82) is 0 Å². The van der Waals surface area contributed by atoms with Crippen molar-refractivity contribution >= 4 is 21.8 Å². The topological polar surface area (TPSA) is 46.3 Å². The molecule has 0 aliphatic carbocycles. The minimum Gasteiger partial charge on any atom is -0.345 e. The molecule has 0 fully saturated rings. The number of nitrogens with two attached hydrogens (primary N) is 1. The van der Waals surface area contributed by atoms with E-state index < -0.39 is 0 Å². The van der Waals surface area contributed by atoms with Gasteiger partial charge in [0.25, 0.3) is 0 Å². The molecule has 1 atom stereocenters. The Morgan fingerprint density at radius 1 is 1.39 bits per heavy atom. The first-order valence-corrected chi connectivity index (χ1v) is 7.07. The lowest BCUT2D eigenvalue weighted by molar-refractivity contribution is -0.133. The highest BCUT2D eigenvalue weighted by Gasteiger charge is 2.18. The van der Waals surface area contributed by atoms with Crippen LogP contribution in [0, 0.1) is 5.92 Å². The number of carbonyl (C=O) groups excluding carboxylic acids is 1. The van der Waals surface area contributed by atoms with E-state index in [1.165, 1.54) is 5.56 Å². The van der Waals surface area contributed by atoms with Gasteiger partial charge in [0.15, 0.2) is 0 Å². The Balaban J connectivity index is 2.47. The highest BCUT2D eigenvalue weighted by atomic mass is 79.9. The number of amides is 1. The largest absolute Gasteiger partial charge is 0.345 e. The summed E-state index contributed by atoms with van der Waals surface area (Å²) in [7, 11) is 1.85. The van der Waals surface area contributed by atoms with E-state index in [4.69, 9.17) is 5.73 Å². The number of halogens is 1. The summed E-state index contributed by atoms with van der Waals surface area (Å²) in [6, 6.07) is 8.18. The molecule has 0 bridgehead atoms. The molecule has 4 heteroatoms. The van der Waals surface area contributed by atoms with Crippen molar-refractivity contribution in [1.82, 2.24) is 4.90 Å². The van der Waals surface area contributed by atoms with Crippen molar-refractivity contribution < 1.29 is 4.79 Å². The second-order valence-electron chi connectivity index (χ2n) is 4.48. The molecule has 0 saturated carbocycles. The molecule has 1 amide bonds. The Morgan fingerprint density at radius 2 is 2.00 bits per heavy atom. The van der Waals surface area contributed by atoms with Crippen LogP contribution in [0.1, 0.15) is 18.9 Å². The minimum atomic E-state index is -0.0417. The molecule has 1 rings (SSSR count). The number of benzene rings is 1. The van der Waals surface area contributed by atoms with Gasteiger partial charge in [0.05, 0.1) is 5.92 Å². The molecule has 0 aliphatic rings. The highest BCUT2D eigenvalue weighted by molar-refractivity contribution is 9.10. The molecule has 1 aromatic carbocycles. The minimum absolute atomic E-state index is 0.0417. The summed E-state index contributed by atoms with van der Waals surface area (Å²) in [4.78, 5) is 13.8. The second kappa shape index (κ2) is 7.54. The number of carbonyl (C=O) groups is 1. The lowest BCUT2D eigenvalue weighted by Crippen LogP contribution is -2.37. The van der Waals surface area contributed by atoms with Crippen LogP contribution < -0.4 is 5.73 Å². The normalized spacial score (nSPS) is 12.2. The molecule has 100 valence electrons. The third kappa shape index (κ3) is 4.42. The number of rotatable bonds is 6. The zero-order valence-electron chi connectivity index (χ0n) is 11.0. The third-order valence-electron chi connectivity index (χ3n) is 3.15. The Bertz CT molecular complexity index is 374. The number of likely N-dealkylation sites (N-methyl/N-ethyl adjacent to an activating group) is 1. The van der Waals surface area contributed by atoms with Gasteiger partial charge in [-0.1, -0.05) is 35.0 Å². The summed E-state index contributed by atoms with van der Waals surface area (Å²) in [6.07, 6.45) is 1.68. The number of nitrogens with zero attached hydrogens (tertiary/aromatic N) is 1. The first-order chi connectivity index (χ1) is 8.58. The van der Waals surface area contributed by atoms with Crippen LogP contribution in [-0.2, 0) is 11.2 Å². The molecule has 0 spiro atoms. The zero-order chi connectivity index (χ0) is 13.5. The van der Waals surface area contributed by atoms with Gasteiger partial charge in [0, 0.05) is 24.6 Å². The summed E-state index contributed by atoms with van der Waals surface area (Å²) in [5.41, 5.74) is 6.83. The molecule has 1 unspecified atom stereocenters. The monoisotopic (exact) mass is 312 g/mol. The van der Waals surface area contributed by atoms with Crippen LogP contribution in [0.2, 0.25) is 0 Å². The van der Waals surface area contributed by atoms with Gasteiger partial charge in [0.1, 0.15) is 0 Å². The van der Waals surface area contributed by atoms with Crippen LogP contribution >= 0.6 is 15.9 Å². The molecule has 0 saturated heterocycles. The lowest BCUT2D eigenvalue weighted by Gasteiger charge is -2.22. The summed E-state index contributed by atoms with van der Waals surface area (Å²) >= 11 is 3.41. The van der Waals surface area contributed by atoms with Crippen LogP contribution in [0.3, 0.4) is 0 Å². The molecule has 0 aliphatic heterocycles. The van der Waals surface area contributed by atoms with Crippen molar-refractivity contribution in [3.05, 3.63) is 34.3 Å². The summed E-state index contributed by atoms with van der Waals surface area (Å²) < 4.78 is 1.07. The van der Waals surface area contributed by atoms with Crippen LogP contribution in [0.4, 0.5) is 0 Å². The van der Waals surface area contributed by atoms with E-state index in [0.29, 0.717) is 6.54 Å².